The zero-order valence-electron chi connectivity index (χ0n) is 17.1. The second kappa shape index (κ2) is 7.37. The van der Waals surface area contributed by atoms with Crippen LogP contribution in [-0.4, -0.2) is 25.7 Å². The van der Waals surface area contributed by atoms with E-state index in [2.05, 4.69) is 20.1 Å². The van der Waals surface area contributed by atoms with Crippen molar-refractivity contribution in [3.63, 3.8) is 0 Å². The van der Waals surface area contributed by atoms with Crippen LogP contribution in [0.25, 0.3) is 22.2 Å². The molecule has 0 radical (unpaired) electrons. The first kappa shape index (κ1) is 18.5. The highest BCUT2D eigenvalue weighted by Crippen LogP contribution is 2.30. The fourth-order valence-corrected chi connectivity index (χ4v) is 4.30. The molecule has 2 aromatic heterocycles. The minimum Gasteiger partial charge on any atom is -0.342 e. The molecule has 0 spiro atoms. The first-order valence-electron chi connectivity index (χ1n) is 10.3. The Kier molecular flexibility index (Phi) is 4.54. The van der Waals surface area contributed by atoms with Gasteiger partial charge in [-0.1, -0.05) is 48.5 Å². The molecule has 3 heterocycles. The molecular formula is C24H23N5O. The van der Waals surface area contributed by atoms with Gasteiger partial charge in [0.25, 0.3) is 5.91 Å². The Morgan fingerprint density at radius 3 is 2.67 bits per heavy atom. The van der Waals surface area contributed by atoms with Gasteiger partial charge in [-0.3, -0.25) is 4.79 Å². The van der Waals surface area contributed by atoms with Crippen LogP contribution in [0, 0.1) is 6.92 Å². The van der Waals surface area contributed by atoms with Gasteiger partial charge in [-0.25, -0.2) is 4.98 Å². The fourth-order valence-electron chi connectivity index (χ4n) is 4.30. The summed E-state index contributed by atoms with van der Waals surface area (Å²) in [5.74, 6) is 1.70. The Balaban J connectivity index is 1.57. The van der Waals surface area contributed by atoms with Crippen LogP contribution in [0.3, 0.4) is 0 Å². The van der Waals surface area contributed by atoms with Crippen LogP contribution < -0.4 is 5.32 Å². The van der Waals surface area contributed by atoms with Crippen molar-refractivity contribution in [2.75, 3.05) is 0 Å². The molecule has 1 unspecified atom stereocenters. The number of para-hydroxylation sites is 1. The highest BCUT2D eigenvalue weighted by Gasteiger charge is 2.25. The number of nitrogens with zero attached hydrogens (tertiary/aromatic N) is 4. The Morgan fingerprint density at radius 2 is 1.83 bits per heavy atom. The number of aromatic nitrogens is 4. The van der Waals surface area contributed by atoms with E-state index in [0.29, 0.717) is 5.56 Å². The van der Waals surface area contributed by atoms with Gasteiger partial charge < -0.3 is 9.88 Å². The first-order valence-corrected chi connectivity index (χ1v) is 10.3. The maximum absolute atomic E-state index is 13.5. The van der Waals surface area contributed by atoms with Crippen LogP contribution in [-0.2, 0) is 13.0 Å². The molecule has 1 atom stereocenters. The lowest BCUT2D eigenvalue weighted by molar-refractivity contribution is 0.0938. The Morgan fingerprint density at radius 1 is 1.07 bits per heavy atom. The van der Waals surface area contributed by atoms with Gasteiger partial charge in [-0.05, 0) is 31.9 Å². The maximum atomic E-state index is 13.5. The monoisotopic (exact) mass is 397 g/mol. The third-order valence-corrected chi connectivity index (χ3v) is 5.78. The zero-order chi connectivity index (χ0) is 20.7. The molecule has 0 bridgehead atoms. The van der Waals surface area contributed by atoms with Crippen molar-refractivity contribution in [2.24, 2.45) is 0 Å². The standard InChI is InChI=1S/C24H23N5O/c1-15-21(24(30)25-16(2)23-28-27-20-13-8-14-29(20)23)18-11-6-7-12-19(18)26-22(15)17-9-4-3-5-10-17/h3-7,9-12,16H,8,13-14H2,1-2H3,(H,25,30). The van der Waals surface area contributed by atoms with Gasteiger partial charge in [0.1, 0.15) is 5.82 Å². The van der Waals surface area contributed by atoms with E-state index < -0.39 is 0 Å². The predicted octanol–water partition coefficient (Wildman–Crippen LogP) is 4.24. The number of pyridine rings is 1. The molecule has 1 N–H and O–H groups in total. The summed E-state index contributed by atoms with van der Waals surface area (Å²) >= 11 is 0. The van der Waals surface area contributed by atoms with Gasteiger partial charge in [0.15, 0.2) is 5.82 Å². The predicted molar refractivity (Wildman–Crippen MR) is 116 cm³/mol. The number of hydrogen-bond donors (Lipinski definition) is 1. The summed E-state index contributed by atoms with van der Waals surface area (Å²) in [6, 6.07) is 17.6. The molecule has 30 heavy (non-hydrogen) atoms. The number of hydrogen-bond acceptors (Lipinski definition) is 4. The third-order valence-electron chi connectivity index (χ3n) is 5.78. The highest BCUT2D eigenvalue weighted by atomic mass is 16.1. The number of carbonyl (C=O) groups excluding carboxylic acids is 1. The highest BCUT2D eigenvalue weighted by molar-refractivity contribution is 6.09. The Bertz CT molecular complexity index is 1250. The second-order valence-corrected chi connectivity index (χ2v) is 7.77. The molecule has 5 rings (SSSR count). The van der Waals surface area contributed by atoms with Crippen LogP contribution in [0.5, 0.6) is 0 Å². The molecule has 1 amide bonds. The summed E-state index contributed by atoms with van der Waals surface area (Å²) in [5, 5.41) is 12.6. The summed E-state index contributed by atoms with van der Waals surface area (Å²) in [4.78, 5) is 18.3. The van der Waals surface area contributed by atoms with Crippen LogP contribution in [0.2, 0.25) is 0 Å². The zero-order valence-corrected chi connectivity index (χ0v) is 17.1. The number of nitrogens with one attached hydrogen (secondary N) is 1. The molecular weight excluding hydrogens is 374 g/mol. The molecule has 6 heteroatoms. The number of aryl methyl sites for hydroxylation is 1. The molecule has 6 nitrogen and oxygen atoms in total. The molecule has 2 aromatic carbocycles. The van der Waals surface area contributed by atoms with Gasteiger partial charge in [-0.15, -0.1) is 10.2 Å². The Hall–Kier alpha value is -3.54. The number of benzene rings is 2. The van der Waals surface area contributed by atoms with Gasteiger partial charge >= 0.3 is 0 Å². The number of rotatable bonds is 4. The van der Waals surface area contributed by atoms with E-state index in [1.165, 1.54) is 0 Å². The summed E-state index contributed by atoms with van der Waals surface area (Å²) in [6.45, 7) is 4.84. The number of carbonyl (C=O) groups is 1. The van der Waals surface area contributed by atoms with E-state index in [1.807, 2.05) is 68.4 Å². The number of amides is 1. The van der Waals surface area contributed by atoms with E-state index in [9.17, 15) is 4.79 Å². The molecule has 0 saturated heterocycles. The van der Waals surface area contributed by atoms with E-state index >= 15 is 0 Å². The lowest BCUT2D eigenvalue weighted by Gasteiger charge is -2.18. The van der Waals surface area contributed by atoms with Crippen LogP contribution >= 0.6 is 0 Å². The molecule has 0 fully saturated rings. The van der Waals surface area contributed by atoms with Gasteiger partial charge in [0, 0.05) is 23.9 Å². The average Bonchev–Trinajstić information content (AvgIpc) is 3.37. The molecule has 1 aliphatic heterocycles. The van der Waals surface area contributed by atoms with E-state index in [0.717, 1.165) is 58.8 Å². The van der Waals surface area contributed by atoms with Crippen molar-refractivity contribution in [2.45, 2.75) is 39.3 Å². The van der Waals surface area contributed by atoms with Crippen molar-refractivity contribution in [1.82, 2.24) is 25.1 Å². The Labute approximate surface area is 175 Å². The lowest BCUT2D eigenvalue weighted by atomic mass is 9.97. The van der Waals surface area contributed by atoms with Crippen LogP contribution in [0.4, 0.5) is 0 Å². The van der Waals surface area contributed by atoms with Crippen molar-refractivity contribution < 1.29 is 4.79 Å². The topological polar surface area (TPSA) is 72.7 Å². The number of fused-ring (bicyclic) bond motifs is 2. The van der Waals surface area contributed by atoms with Gasteiger partial charge in [0.05, 0.1) is 22.8 Å². The lowest BCUT2D eigenvalue weighted by Crippen LogP contribution is -2.29. The molecule has 0 aliphatic carbocycles. The first-order chi connectivity index (χ1) is 14.6. The normalized spacial score (nSPS) is 13.9. The van der Waals surface area contributed by atoms with Crippen molar-refractivity contribution >= 4 is 16.8 Å². The fraction of sp³-hybridized carbons (Fsp3) is 0.250. The third kappa shape index (κ3) is 3.05. The smallest absolute Gasteiger partial charge is 0.252 e. The van der Waals surface area contributed by atoms with Gasteiger partial charge in [-0.2, -0.15) is 0 Å². The summed E-state index contributed by atoms with van der Waals surface area (Å²) < 4.78 is 2.12. The molecule has 150 valence electrons. The van der Waals surface area contributed by atoms with Crippen molar-refractivity contribution in [1.29, 1.82) is 0 Å². The van der Waals surface area contributed by atoms with Crippen LogP contribution in [0.15, 0.2) is 54.6 Å². The summed E-state index contributed by atoms with van der Waals surface area (Å²) in [7, 11) is 0. The molecule has 4 aromatic rings. The quantitative estimate of drug-likeness (QED) is 0.559. The minimum atomic E-state index is -0.233. The maximum Gasteiger partial charge on any atom is 0.252 e. The average molecular weight is 397 g/mol. The van der Waals surface area contributed by atoms with Gasteiger partial charge in [0.2, 0.25) is 0 Å². The van der Waals surface area contributed by atoms with Crippen LogP contribution in [0.1, 0.15) is 47.0 Å². The molecule has 1 aliphatic rings. The SMILES string of the molecule is Cc1c(-c2ccccc2)nc2ccccc2c1C(=O)NC(C)c1nnc2n1CCC2. The van der Waals surface area contributed by atoms with E-state index in [-0.39, 0.29) is 11.9 Å². The van der Waals surface area contributed by atoms with E-state index in [4.69, 9.17) is 4.98 Å². The summed E-state index contributed by atoms with van der Waals surface area (Å²) in [5.41, 5.74) is 4.17. The van der Waals surface area contributed by atoms with E-state index in [1.54, 1.807) is 0 Å². The van der Waals surface area contributed by atoms with Crippen molar-refractivity contribution in [3.8, 4) is 11.3 Å². The molecule has 0 saturated carbocycles. The minimum absolute atomic E-state index is 0.119. The largest absolute Gasteiger partial charge is 0.342 e. The summed E-state index contributed by atoms with van der Waals surface area (Å²) in [6.07, 6.45) is 2.02. The van der Waals surface area contributed by atoms with Crippen molar-refractivity contribution in [3.05, 3.63) is 77.4 Å². The second-order valence-electron chi connectivity index (χ2n) is 7.77.